The van der Waals surface area contributed by atoms with E-state index < -0.39 is 0 Å². The first-order valence-corrected chi connectivity index (χ1v) is 7.86. The number of halogens is 1. The fraction of sp³-hybridized carbons (Fsp3) is 0.588. The highest BCUT2D eigenvalue weighted by Crippen LogP contribution is 2.20. The maximum Gasteiger partial charge on any atom is 0.193 e. The van der Waals surface area contributed by atoms with Gasteiger partial charge in [-0.05, 0) is 25.8 Å². The number of likely N-dealkylation sites (tertiary alicyclic amines) is 1. The number of rotatable bonds is 4. The van der Waals surface area contributed by atoms with E-state index in [0.717, 1.165) is 25.6 Å². The first kappa shape index (κ1) is 19.2. The average Bonchev–Trinajstić information content (AvgIpc) is 2.79. The quantitative estimate of drug-likeness (QED) is 0.465. The molecule has 1 aromatic rings. The molecule has 4 nitrogen and oxygen atoms in total. The number of aliphatic imine (C=N–C) groups is 1. The molecule has 0 radical (unpaired) electrons. The normalized spacial score (nSPS) is 22.3. The Morgan fingerprint density at radius 1 is 1.32 bits per heavy atom. The first-order chi connectivity index (χ1) is 10.1. The monoisotopic (exact) mass is 416 g/mol. The van der Waals surface area contributed by atoms with Gasteiger partial charge in [0.25, 0.3) is 0 Å². The summed E-state index contributed by atoms with van der Waals surface area (Å²) in [6.07, 6.45) is 1.17. The van der Waals surface area contributed by atoms with Crippen LogP contribution in [0.15, 0.2) is 35.3 Å². The third-order valence-electron chi connectivity index (χ3n) is 4.00. The second-order valence-corrected chi connectivity index (χ2v) is 6.03. The second kappa shape index (κ2) is 9.35. The Bertz CT molecular complexity index is 461. The molecule has 1 N–H and O–H groups in total. The lowest BCUT2D eigenvalue weighted by atomic mass is 10.2. The van der Waals surface area contributed by atoms with Gasteiger partial charge in [-0.15, -0.1) is 24.0 Å². The molecular weight excluding hydrogens is 387 g/mol. The molecule has 0 aliphatic carbocycles. The second-order valence-electron chi connectivity index (χ2n) is 6.03. The van der Waals surface area contributed by atoms with Gasteiger partial charge in [-0.25, -0.2) is 0 Å². The molecule has 2 atom stereocenters. The van der Waals surface area contributed by atoms with Crippen molar-refractivity contribution in [3.05, 3.63) is 35.9 Å². The minimum absolute atomic E-state index is 0. The van der Waals surface area contributed by atoms with Gasteiger partial charge in [-0.1, -0.05) is 30.3 Å². The van der Waals surface area contributed by atoms with Crippen LogP contribution >= 0.6 is 24.0 Å². The molecule has 0 spiro atoms. The van der Waals surface area contributed by atoms with E-state index in [9.17, 15) is 0 Å². The van der Waals surface area contributed by atoms with E-state index in [0.29, 0.717) is 12.1 Å². The summed E-state index contributed by atoms with van der Waals surface area (Å²) in [5.41, 5.74) is 1.39. The number of hydrogen-bond acceptors (Lipinski definition) is 2. The van der Waals surface area contributed by atoms with E-state index in [-0.39, 0.29) is 24.0 Å². The van der Waals surface area contributed by atoms with Gasteiger partial charge in [0.2, 0.25) is 0 Å². The number of nitrogens with one attached hydrogen (secondary N) is 1. The summed E-state index contributed by atoms with van der Waals surface area (Å²) in [7, 11) is 4.09. The van der Waals surface area contributed by atoms with Crippen molar-refractivity contribution in [3.63, 3.8) is 0 Å². The van der Waals surface area contributed by atoms with E-state index in [2.05, 4.69) is 64.3 Å². The van der Waals surface area contributed by atoms with Crippen molar-refractivity contribution in [2.45, 2.75) is 38.9 Å². The van der Waals surface area contributed by atoms with Crippen molar-refractivity contribution in [3.8, 4) is 0 Å². The lowest BCUT2D eigenvalue weighted by Crippen LogP contribution is -2.44. The zero-order chi connectivity index (χ0) is 15.2. The number of nitrogens with zero attached hydrogens (tertiary/aromatic N) is 3. The molecule has 0 amide bonds. The lowest BCUT2D eigenvalue weighted by molar-refractivity contribution is 0.258. The van der Waals surface area contributed by atoms with Crippen LogP contribution in [0.25, 0.3) is 0 Å². The Hall–Kier alpha value is -0.820. The Balaban J connectivity index is 0.00000242. The van der Waals surface area contributed by atoms with Gasteiger partial charge >= 0.3 is 0 Å². The zero-order valence-electron chi connectivity index (χ0n) is 14.1. The van der Waals surface area contributed by atoms with E-state index in [1.807, 2.05) is 14.1 Å². The summed E-state index contributed by atoms with van der Waals surface area (Å²) in [5, 5.41) is 3.60. The van der Waals surface area contributed by atoms with Crippen molar-refractivity contribution >= 4 is 29.9 Å². The third-order valence-corrected chi connectivity index (χ3v) is 4.00. The molecule has 0 aromatic heterocycles. The van der Waals surface area contributed by atoms with E-state index in [1.54, 1.807) is 0 Å². The Morgan fingerprint density at radius 3 is 2.59 bits per heavy atom. The van der Waals surface area contributed by atoms with Crippen LogP contribution < -0.4 is 5.32 Å². The smallest absolute Gasteiger partial charge is 0.193 e. The van der Waals surface area contributed by atoms with Gasteiger partial charge < -0.3 is 10.2 Å². The molecule has 1 aromatic carbocycles. The summed E-state index contributed by atoms with van der Waals surface area (Å²) in [5.74, 6) is 0.997. The van der Waals surface area contributed by atoms with E-state index in [4.69, 9.17) is 0 Å². The molecule has 0 bridgehead atoms. The summed E-state index contributed by atoms with van der Waals surface area (Å²) in [6.45, 7) is 7.31. The van der Waals surface area contributed by atoms with Gasteiger partial charge in [-0.2, -0.15) is 0 Å². The van der Waals surface area contributed by atoms with Gasteiger partial charge in [0.15, 0.2) is 5.96 Å². The fourth-order valence-corrected chi connectivity index (χ4v) is 2.89. The van der Waals surface area contributed by atoms with Crippen LogP contribution in [-0.2, 0) is 6.54 Å². The maximum atomic E-state index is 4.53. The van der Waals surface area contributed by atoms with E-state index in [1.165, 1.54) is 12.0 Å². The summed E-state index contributed by atoms with van der Waals surface area (Å²) in [6, 6.07) is 11.8. The van der Waals surface area contributed by atoms with Crippen molar-refractivity contribution in [2.24, 2.45) is 4.99 Å². The Kier molecular flexibility index (Phi) is 8.17. The average molecular weight is 416 g/mol. The predicted octanol–water partition coefficient (Wildman–Crippen LogP) is 2.79. The molecular formula is C17H29IN4. The SMILES string of the molecule is CCN=C(NC1CC(C)N(Cc2ccccc2)C1)N(C)C.I. The summed E-state index contributed by atoms with van der Waals surface area (Å²) in [4.78, 5) is 9.15. The van der Waals surface area contributed by atoms with Crippen molar-refractivity contribution in [1.29, 1.82) is 0 Å². The number of guanidine groups is 1. The molecule has 1 fully saturated rings. The number of benzene rings is 1. The first-order valence-electron chi connectivity index (χ1n) is 7.86. The third kappa shape index (κ3) is 5.43. The van der Waals surface area contributed by atoms with Crippen molar-refractivity contribution in [2.75, 3.05) is 27.2 Å². The molecule has 2 rings (SSSR count). The van der Waals surface area contributed by atoms with E-state index >= 15 is 0 Å². The molecule has 2 unspecified atom stereocenters. The molecule has 22 heavy (non-hydrogen) atoms. The van der Waals surface area contributed by atoms with Gasteiger partial charge in [0, 0.05) is 45.8 Å². The topological polar surface area (TPSA) is 30.9 Å². The molecule has 1 saturated heterocycles. The Labute approximate surface area is 152 Å². The van der Waals surface area contributed by atoms with Crippen LogP contribution in [0.4, 0.5) is 0 Å². The van der Waals surface area contributed by atoms with Crippen LogP contribution in [-0.4, -0.2) is 55.0 Å². The molecule has 1 aliphatic heterocycles. The summed E-state index contributed by atoms with van der Waals surface area (Å²) < 4.78 is 0. The molecule has 1 aliphatic rings. The molecule has 0 saturated carbocycles. The molecule has 124 valence electrons. The summed E-state index contributed by atoms with van der Waals surface area (Å²) >= 11 is 0. The van der Waals surface area contributed by atoms with Gasteiger partial charge in [0.1, 0.15) is 0 Å². The fourth-order valence-electron chi connectivity index (χ4n) is 2.89. The van der Waals surface area contributed by atoms with Crippen LogP contribution in [0.1, 0.15) is 25.8 Å². The zero-order valence-corrected chi connectivity index (χ0v) is 16.5. The predicted molar refractivity (Wildman–Crippen MR) is 105 cm³/mol. The lowest BCUT2D eigenvalue weighted by Gasteiger charge is -2.22. The largest absolute Gasteiger partial charge is 0.352 e. The van der Waals surface area contributed by atoms with Crippen LogP contribution in [0.5, 0.6) is 0 Å². The maximum absolute atomic E-state index is 4.53. The Morgan fingerprint density at radius 2 is 2.00 bits per heavy atom. The van der Waals surface area contributed by atoms with Crippen molar-refractivity contribution < 1.29 is 0 Å². The van der Waals surface area contributed by atoms with Crippen LogP contribution in [0.2, 0.25) is 0 Å². The minimum atomic E-state index is 0. The van der Waals surface area contributed by atoms with Crippen molar-refractivity contribution in [1.82, 2.24) is 15.1 Å². The van der Waals surface area contributed by atoms with Gasteiger partial charge in [-0.3, -0.25) is 9.89 Å². The highest BCUT2D eigenvalue weighted by atomic mass is 127. The van der Waals surface area contributed by atoms with Crippen LogP contribution in [0, 0.1) is 0 Å². The standard InChI is InChI=1S/C17H28N4.HI/c1-5-18-17(20(3)4)19-16-11-14(2)21(13-16)12-15-9-7-6-8-10-15;/h6-10,14,16H,5,11-13H2,1-4H3,(H,18,19);1H. The molecule has 5 heteroatoms. The number of hydrogen-bond donors (Lipinski definition) is 1. The highest BCUT2D eigenvalue weighted by molar-refractivity contribution is 14.0. The minimum Gasteiger partial charge on any atom is -0.352 e. The van der Waals surface area contributed by atoms with Gasteiger partial charge in [0.05, 0.1) is 0 Å². The molecule has 1 heterocycles. The highest BCUT2D eigenvalue weighted by Gasteiger charge is 2.29. The van der Waals surface area contributed by atoms with Crippen LogP contribution in [0.3, 0.4) is 0 Å².